The first-order valence-electron chi connectivity index (χ1n) is 12.8. The van der Waals surface area contributed by atoms with Crippen LogP contribution >= 0.6 is 11.8 Å². The largest absolute Gasteiger partial charge is 0.386 e. The maximum absolute atomic E-state index is 14.1. The lowest BCUT2D eigenvalue weighted by Gasteiger charge is -2.39. The molecule has 0 spiro atoms. The summed E-state index contributed by atoms with van der Waals surface area (Å²) in [5.41, 5.74) is -0.541. The zero-order chi connectivity index (χ0) is 27.4. The van der Waals surface area contributed by atoms with Gasteiger partial charge in [-0.3, -0.25) is 5.41 Å². The summed E-state index contributed by atoms with van der Waals surface area (Å²) in [6.07, 6.45) is 7.47. The molecule has 0 aliphatic heterocycles. The van der Waals surface area contributed by atoms with Crippen LogP contribution in [0.15, 0.2) is 17.7 Å². The molecule has 204 valence electrons. The third-order valence-electron chi connectivity index (χ3n) is 6.36. The molecule has 0 amide bonds. The van der Waals surface area contributed by atoms with E-state index in [0.717, 1.165) is 87.4 Å². The van der Waals surface area contributed by atoms with Crippen LogP contribution in [0.1, 0.15) is 90.2 Å². The van der Waals surface area contributed by atoms with Gasteiger partial charge in [0.15, 0.2) is 23.3 Å². The average Bonchev–Trinajstić information content (AvgIpc) is 2.85. The minimum Gasteiger partial charge on any atom is -0.386 e. The molecule has 0 aromatic heterocycles. The molecular weight excluding hydrogens is 488 g/mol. The van der Waals surface area contributed by atoms with E-state index in [1.165, 1.54) is 0 Å². The van der Waals surface area contributed by atoms with Gasteiger partial charge in [0, 0.05) is 30.3 Å². The van der Waals surface area contributed by atoms with Crippen LogP contribution in [0.3, 0.4) is 0 Å². The highest BCUT2D eigenvalue weighted by Gasteiger charge is 2.27. The highest BCUT2D eigenvalue weighted by atomic mass is 32.2. The number of nitrogens with zero attached hydrogens (tertiary/aromatic N) is 1. The standard InChI is InChI=1S/C28H42F4N2OS/c1-7-9-11-12-15-34(19(5)13-10-8-2)22(18(3)4)17-23(35)28(33)36-16-14-21-26(31)24(29)20(6)25(30)27(21)32/h14,16,18,22-23,33,35H,5,7-13,15,17H2,1-4,6H3/b16-14+,33-28?. The van der Waals surface area contributed by atoms with Gasteiger partial charge in [0.1, 0.15) is 6.10 Å². The lowest BCUT2D eigenvalue weighted by molar-refractivity contribution is 0.128. The Morgan fingerprint density at radius 3 is 2.11 bits per heavy atom. The maximum atomic E-state index is 14.1. The molecule has 1 aromatic carbocycles. The summed E-state index contributed by atoms with van der Waals surface area (Å²) in [7, 11) is 0. The number of hydrogen-bond acceptors (Lipinski definition) is 4. The quantitative estimate of drug-likeness (QED) is 0.0740. The molecule has 2 atom stereocenters. The van der Waals surface area contributed by atoms with Crippen LogP contribution in [-0.2, 0) is 0 Å². The van der Waals surface area contributed by atoms with Gasteiger partial charge in [0.05, 0.1) is 10.6 Å². The molecule has 36 heavy (non-hydrogen) atoms. The third-order valence-corrected chi connectivity index (χ3v) is 7.16. The molecule has 0 saturated carbocycles. The molecule has 3 nitrogen and oxygen atoms in total. The Morgan fingerprint density at radius 1 is 1.00 bits per heavy atom. The predicted octanol–water partition coefficient (Wildman–Crippen LogP) is 8.59. The van der Waals surface area contributed by atoms with E-state index in [1.54, 1.807) is 0 Å². The minimum absolute atomic E-state index is 0.0360. The van der Waals surface area contributed by atoms with Crippen LogP contribution in [0.4, 0.5) is 17.6 Å². The number of rotatable bonds is 16. The van der Waals surface area contributed by atoms with E-state index in [1.807, 2.05) is 0 Å². The molecule has 0 aliphatic rings. The molecule has 2 N–H and O–H groups in total. The first-order valence-corrected chi connectivity index (χ1v) is 13.7. The Bertz CT molecular complexity index is 875. The van der Waals surface area contributed by atoms with Gasteiger partial charge in [0.25, 0.3) is 0 Å². The van der Waals surface area contributed by atoms with Crippen molar-refractivity contribution in [3.05, 3.63) is 52.1 Å². The number of unbranched alkanes of at least 4 members (excludes halogenated alkanes) is 4. The molecule has 0 bridgehead atoms. The van der Waals surface area contributed by atoms with Crippen molar-refractivity contribution in [1.82, 2.24) is 4.90 Å². The van der Waals surface area contributed by atoms with Gasteiger partial charge in [-0.25, -0.2) is 17.6 Å². The minimum atomic E-state index is -1.49. The van der Waals surface area contributed by atoms with Crippen molar-refractivity contribution in [2.24, 2.45) is 5.92 Å². The highest BCUT2D eigenvalue weighted by molar-refractivity contribution is 8.16. The number of halogens is 4. The first-order chi connectivity index (χ1) is 17.0. The van der Waals surface area contributed by atoms with Crippen molar-refractivity contribution in [2.75, 3.05) is 6.54 Å². The Labute approximate surface area is 218 Å². The highest BCUT2D eigenvalue weighted by Crippen LogP contribution is 2.28. The van der Waals surface area contributed by atoms with Crippen LogP contribution < -0.4 is 0 Å². The Hall–Kier alpha value is -1.80. The molecule has 2 unspecified atom stereocenters. The predicted molar refractivity (Wildman–Crippen MR) is 144 cm³/mol. The number of thioether (sulfide) groups is 1. The second kappa shape index (κ2) is 16.1. The van der Waals surface area contributed by atoms with Gasteiger partial charge in [-0.2, -0.15) is 0 Å². The summed E-state index contributed by atoms with van der Waals surface area (Å²) in [6, 6.07) is -0.0360. The average molecular weight is 531 g/mol. The summed E-state index contributed by atoms with van der Waals surface area (Å²) < 4.78 is 55.8. The molecular formula is C28H42F4N2OS. The normalized spacial score (nSPS) is 13.4. The van der Waals surface area contributed by atoms with Gasteiger partial charge in [-0.15, -0.1) is 0 Å². The van der Waals surface area contributed by atoms with Crippen molar-refractivity contribution in [1.29, 1.82) is 5.41 Å². The molecule has 1 aromatic rings. The first kappa shape index (κ1) is 32.2. The number of allylic oxidation sites excluding steroid dienone is 1. The van der Waals surface area contributed by atoms with Crippen LogP contribution in [0, 0.1) is 41.5 Å². The fourth-order valence-corrected chi connectivity index (χ4v) is 4.65. The summed E-state index contributed by atoms with van der Waals surface area (Å²) in [5, 5.41) is 20.1. The van der Waals surface area contributed by atoms with Gasteiger partial charge in [-0.1, -0.05) is 71.7 Å². The van der Waals surface area contributed by atoms with Gasteiger partial charge >= 0.3 is 0 Å². The van der Waals surface area contributed by atoms with Gasteiger partial charge in [0.2, 0.25) is 0 Å². The fraction of sp³-hybridized carbons (Fsp3) is 0.607. The topological polar surface area (TPSA) is 47.3 Å². The maximum Gasteiger partial charge on any atom is 0.169 e. The molecule has 0 aliphatic carbocycles. The van der Waals surface area contributed by atoms with Crippen LogP contribution in [0.2, 0.25) is 0 Å². The van der Waals surface area contributed by atoms with E-state index in [9.17, 15) is 22.7 Å². The molecule has 0 fully saturated rings. The Kier molecular flexibility index (Phi) is 14.4. The van der Waals surface area contributed by atoms with Crippen LogP contribution in [0.25, 0.3) is 6.08 Å². The van der Waals surface area contributed by atoms with E-state index in [4.69, 9.17) is 5.41 Å². The van der Waals surface area contributed by atoms with Gasteiger partial charge < -0.3 is 10.0 Å². The lowest BCUT2D eigenvalue weighted by atomic mass is 9.94. The van der Waals surface area contributed by atoms with E-state index < -0.39 is 40.5 Å². The van der Waals surface area contributed by atoms with Crippen LogP contribution in [0.5, 0.6) is 0 Å². The van der Waals surface area contributed by atoms with E-state index in [2.05, 4.69) is 39.2 Å². The molecule has 1 rings (SSSR count). The summed E-state index contributed by atoms with van der Waals surface area (Å²) in [6.45, 7) is 14.5. The second-order valence-corrected chi connectivity index (χ2v) is 10.5. The van der Waals surface area contributed by atoms with E-state index in [0.29, 0.717) is 6.42 Å². The second-order valence-electron chi connectivity index (χ2n) is 9.57. The summed E-state index contributed by atoms with van der Waals surface area (Å²) >= 11 is 0.758. The fourth-order valence-electron chi connectivity index (χ4n) is 4.05. The summed E-state index contributed by atoms with van der Waals surface area (Å²) in [5.74, 6) is -5.68. The van der Waals surface area contributed by atoms with Gasteiger partial charge in [-0.05, 0) is 43.6 Å². The van der Waals surface area contributed by atoms with Crippen molar-refractivity contribution < 1.29 is 22.7 Å². The zero-order valence-electron chi connectivity index (χ0n) is 22.3. The SMILES string of the molecule is C=C(CCCC)N(CCCCCC)C(CC(O)C(=N)S/C=C/c1c(F)c(F)c(C)c(F)c1F)C(C)C. The molecule has 0 radical (unpaired) electrons. The molecule has 8 heteroatoms. The molecule has 0 heterocycles. The van der Waals surface area contributed by atoms with Crippen molar-refractivity contribution in [3.8, 4) is 0 Å². The van der Waals surface area contributed by atoms with Crippen LogP contribution in [-0.4, -0.2) is 33.7 Å². The van der Waals surface area contributed by atoms with Crippen molar-refractivity contribution in [2.45, 2.75) is 98.1 Å². The van der Waals surface area contributed by atoms with E-state index >= 15 is 0 Å². The smallest absolute Gasteiger partial charge is 0.169 e. The van der Waals surface area contributed by atoms with E-state index in [-0.39, 0.29) is 17.0 Å². The van der Waals surface area contributed by atoms with Crippen molar-refractivity contribution >= 4 is 22.9 Å². The summed E-state index contributed by atoms with van der Waals surface area (Å²) in [4.78, 5) is 2.27. The number of benzene rings is 1. The monoisotopic (exact) mass is 530 g/mol. The zero-order valence-corrected chi connectivity index (χ0v) is 23.1. The number of nitrogens with one attached hydrogen (secondary N) is 1. The molecule has 0 saturated heterocycles. The Balaban J connectivity index is 2.96. The number of hydrogen-bond donors (Lipinski definition) is 2. The number of aliphatic hydroxyl groups is 1. The third kappa shape index (κ3) is 9.25. The lowest BCUT2D eigenvalue weighted by Crippen LogP contribution is -2.42. The van der Waals surface area contributed by atoms with Crippen molar-refractivity contribution in [3.63, 3.8) is 0 Å². The Morgan fingerprint density at radius 2 is 1.58 bits per heavy atom. The number of aliphatic hydroxyl groups excluding tert-OH is 1.